The largest absolute Gasteiger partial charge is 0.494 e. The van der Waals surface area contributed by atoms with Crippen LogP contribution >= 0.6 is 15.9 Å². The summed E-state index contributed by atoms with van der Waals surface area (Å²) in [6.07, 6.45) is 0.324. The van der Waals surface area contributed by atoms with Gasteiger partial charge in [-0.05, 0) is 82.2 Å². The minimum absolute atomic E-state index is 0.0351. The van der Waals surface area contributed by atoms with Gasteiger partial charge >= 0.3 is 0 Å². The van der Waals surface area contributed by atoms with Gasteiger partial charge in [-0.3, -0.25) is 10.2 Å². The molecule has 6 aromatic carbocycles. The van der Waals surface area contributed by atoms with E-state index in [2.05, 4.69) is 36.8 Å². The number of ether oxygens (including phenoxy) is 4. The summed E-state index contributed by atoms with van der Waals surface area (Å²) in [6.45, 7) is 1.66. The molecule has 0 fully saturated rings. The summed E-state index contributed by atoms with van der Waals surface area (Å²) in [5, 5.41) is 13.0. The van der Waals surface area contributed by atoms with Crippen molar-refractivity contribution in [3.8, 4) is 17.2 Å². The SMILES string of the molecule is [N-]=[N+]=NCc1ccccc1C[C@]1(C(=O)NNCCc2ccc(OCc3ccccc3)c(OCc3ccccc3)c2)N=C(c2ccc(OCCCO)cc2)O[C@H]1c1ccccc1Br. The van der Waals surface area contributed by atoms with Gasteiger partial charge < -0.3 is 24.1 Å². The van der Waals surface area contributed by atoms with Gasteiger partial charge in [0.1, 0.15) is 19.0 Å². The van der Waals surface area contributed by atoms with Crippen LogP contribution in [0.2, 0.25) is 0 Å². The van der Waals surface area contributed by atoms with Crippen LogP contribution in [-0.2, 0) is 42.1 Å². The number of amides is 1. The van der Waals surface area contributed by atoms with Crippen molar-refractivity contribution < 1.29 is 28.8 Å². The number of carbonyl (C=O) groups excluding carboxylic acids is 1. The Bertz CT molecular complexity index is 2480. The number of aliphatic hydroxyl groups is 1. The highest BCUT2D eigenvalue weighted by Gasteiger charge is 2.54. The highest BCUT2D eigenvalue weighted by molar-refractivity contribution is 9.10. The molecule has 0 aliphatic carbocycles. The molecule has 7 rings (SSSR count). The van der Waals surface area contributed by atoms with Crippen molar-refractivity contribution in [2.24, 2.45) is 10.1 Å². The van der Waals surface area contributed by atoms with Crippen LogP contribution < -0.4 is 25.1 Å². The molecular weight excluding hydrogens is 848 g/mol. The molecule has 62 heavy (non-hydrogen) atoms. The van der Waals surface area contributed by atoms with E-state index in [0.29, 0.717) is 62.0 Å². The third-order valence-electron chi connectivity index (χ3n) is 10.3. The zero-order valence-corrected chi connectivity index (χ0v) is 35.6. The van der Waals surface area contributed by atoms with Gasteiger partial charge in [0.2, 0.25) is 5.90 Å². The molecule has 12 nitrogen and oxygen atoms in total. The highest BCUT2D eigenvalue weighted by Crippen LogP contribution is 2.45. The molecule has 0 bridgehead atoms. The number of nitrogens with one attached hydrogen (secondary N) is 2. The lowest BCUT2D eigenvalue weighted by molar-refractivity contribution is -0.130. The molecule has 0 radical (unpaired) electrons. The molecule has 13 heteroatoms. The fraction of sp³-hybridized carbons (Fsp3) is 0.224. The molecule has 0 unspecified atom stereocenters. The Labute approximate surface area is 369 Å². The fourth-order valence-corrected chi connectivity index (χ4v) is 7.59. The first kappa shape index (κ1) is 43.5. The zero-order valence-electron chi connectivity index (χ0n) is 34.0. The van der Waals surface area contributed by atoms with Crippen LogP contribution in [0.25, 0.3) is 10.4 Å². The third-order valence-corrected chi connectivity index (χ3v) is 11.0. The van der Waals surface area contributed by atoms with Crippen LogP contribution in [0.4, 0.5) is 0 Å². The minimum Gasteiger partial charge on any atom is -0.494 e. The number of benzene rings is 6. The van der Waals surface area contributed by atoms with Gasteiger partial charge in [-0.1, -0.05) is 130 Å². The van der Waals surface area contributed by atoms with Gasteiger partial charge in [0.25, 0.3) is 5.91 Å². The molecule has 1 aliphatic rings. The first-order valence-electron chi connectivity index (χ1n) is 20.4. The number of carbonyl (C=O) groups is 1. The van der Waals surface area contributed by atoms with E-state index in [1.807, 2.05) is 152 Å². The number of hydrogen-bond donors (Lipinski definition) is 3. The summed E-state index contributed by atoms with van der Waals surface area (Å²) in [5.74, 6) is 1.76. The Morgan fingerprint density at radius 1 is 0.790 bits per heavy atom. The molecule has 1 amide bonds. The molecule has 1 heterocycles. The average molecular weight is 896 g/mol. The van der Waals surface area contributed by atoms with Gasteiger partial charge in [0, 0.05) is 46.5 Å². The van der Waals surface area contributed by atoms with Gasteiger partial charge in [-0.2, -0.15) is 0 Å². The van der Waals surface area contributed by atoms with Crippen molar-refractivity contribution >= 4 is 27.7 Å². The van der Waals surface area contributed by atoms with Crippen molar-refractivity contribution in [1.82, 2.24) is 10.9 Å². The Morgan fingerprint density at radius 2 is 1.45 bits per heavy atom. The molecule has 3 N–H and O–H groups in total. The zero-order chi connectivity index (χ0) is 43.0. The second-order valence-electron chi connectivity index (χ2n) is 14.6. The van der Waals surface area contributed by atoms with Crippen LogP contribution in [0, 0.1) is 0 Å². The van der Waals surface area contributed by atoms with Crippen molar-refractivity contribution in [2.75, 3.05) is 19.8 Å². The standard InChI is InChI=1S/C49H47BrN6O6/c50-43-19-10-9-18-42(43)46-49(31-39-16-7-8-17-40(39)32-53-56-51,54-47(62-46)38-21-23-41(24-22-38)59-29-11-28-57)48(58)55-52-27-26-35-20-25-44(60-33-36-12-3-1-4-13-36)45(30-35)61-34-37-14-5-2-6-15-37/h1-10,12-25,30,46,52,57H,11,26-29,31-34H2,(H,55,58)/t46-,49-/m0/s1. The van der Waals surface area contributed by atoms with Crippen LogP contribution in [0.5, 0.6) is 17.2 Å². The van der Waals surface area contributed by atoms with E-state index >= 15 is 0 Å². The van der Waals surface area contributed by atoms with Crippen LogP contribution in [0.3, 0.4) is 0 Å². The lowest BCUT2D eigenvalue weighted by Gasteiger charge is -2.32. The minimum atomic E-state index is -1.52. The van der Waals surface area contributed by atoms with E-state index in [0.717, 1.165) is 37.9 Å². The molecule has 0 spiro atoms. The second kappa shape index (κ2) is 21.8. The van der Waals surface area contributed by atoms with Gasteiger partial charge in [-0.25, -0.2) is 10.4 Å². The number of azide groups is 1. The third kappa shape index (κ3) is 11.2. The summed E-state index contributed by atoms with van der Waals surface area (Å²) in [7, 11) is 0. The number of rotatable bonds is 21. The number of hydrazine groups is 1. The number of aliphatic hydroxyl groups excluding tert-OH is 1. The van der Waals surface area contributed by atoms with Crippen LogP contribution in [-0.4, -0.2) is 42.2 Å². The highest BCUT2D eigenvalue weighted by atomic mass is 79.9. The number of nitrogens with zero attached hydrogens (tertiary/aromatic N) is 4. The van der Waals surface area contributed by atoms with E-state index in [1.54, 1.807) is 0 Å². The summed E-state index contributed by atoms with van der Waals surface area (Å²) in [6, 6.07) is 48.3. The monoisotopic (exact) mass is 894 g/mol. The normalized spacial score (nSPS) is 15.5. The predicted octanol–water partition coefficient (Wildman–Crippen LogP) is 9.54. The van der Waals surface area contributed by atoms with Crippen molar-refractivity contribution in [3.05, 3.63) is 206 Å². The summed E-state index contributed by atoms with van der Waals surface area (Å²) >= 11 is 3.72. The molecule has 6 aromatic rings. The van der Waals surface area contributed by atoms with E-state index < -0.39 is 17.6 Å². The quantitative estimate of drug-likeness (QED) is 0.0213. The first-order valence-corrected chi connectivity index (χ1v) is 21.2. The summed E-state index contributed by atoms with van der Waals surface area (Å²) < 4.78 is 25.8. The van der Waals surface area contributed by atoms with Gasteiger partial charge in [0.05, 0.1) is 13.2 Å². The lowest BCUT2D eigenvalue weighted by atomic mass is 9.81. The Morgan fingerprint density at radius 3 is 2.15 bits per heavy atom. The summed E-state index contributed by atoms with van der Waals surface area (Å²) in [5.41, 5.74) is 19.8. The number of hydrogen-bond acceptors (Lipinski definition) is 9. The van der Waals surface area contributed by atoms with Crippen molar-refractivity contribution in [3.63, 3.8) is 0 Å². The molecule has 0 saturated carbocycles. The van der Waals surface area contributed by atoms with Gasteiger partial charge in [0.15, 0.2) is 23.1 Å². The van der Waals surface area contributed by atoms with Gasteiger partial charge in [-0.15, -0.1) is 0 Å². The molecule has 0 aromatic heterocycles. The molecular formula is C49H47BrN6O6. The molecule has 1 aliphatic heterocycles. The van der Waals surface area contributed by atoms with Crippen molar-refractivity contribution in [1.29, 1.82) is 0 Å². The van der Waals surface area contributed by atoms with Crippen LogP contribution in [0.15, 0.2) is 166 Å². The van der Waals surface area contributed by atoms with Crippen molar-refractivity contribution in [2.45, 2.75) is 50.7 Å². The fourth-order valence-electron chi connectivity index (χ4n) is 7.10. The molecule has 0 saturated heterocycles. The number of aliphatic imine (C=N–C) groups is 1. The maximum atomic E-state index is 15.0. The smallest absolute Gasteiger partial charge is 0.266 e. The molecule has 316 valence electrons. The lowest BCUT2D eigenvalue weighted by Crippen LogP contribution is -2.54. The predicted molar refractivity (Wildman–Crippen MR) is 242 cm³/mol. The Hall–Kier alpha value is -6.63. The first-order chi connectivity index (χ1) is 30.5. The maximum Gasteiger partial charge on any atom is 0.266 e. The molecule has 2 atom stereocenters. The van der Waals surface area contributed by atoms with Crippen LogP contribution in [0.1, 0.15) is 51.5 Å². The van der Waals surface area contributed by atoms with E-state index in [4.69, 9.17) is 23.9 Å². The number of halogens is 1. The van der Waals surface area contributed by atoms with E-state index in [-0.39, 0.29) is 25.5 Å². The summed E-state index contributed by atoms with van der Waals surface area (Å²) in [4.78, 5) is 23.1. The van der Waals surface area contributed by atoms with E-state index in [9.17, 15) is 15.4 Å². The Balaban J connectivity index is 1.15. The second-order valence-corrected chi connectivity index (χ2v) is 15.5. The average Bonchev–Trinajstić information content (AvgIpc) is 3.70. The van der Waals surface area contributed by atoms with E-state index in [1.165, 1.54) is 0 Å². The maximum absolute atomic E-state index is 15.0. The Kier molecular flexibility index (Phi) is 15.2. The topological polar surface area (TPSA) is 159 Å².